The molecule has 15 heteroatoms. The highest BCUT2D eigenvalue weighted by atomic mass is 32.2. The molecule has 0 aliphatic heterocycles. The summed E-state index contributed by atoms with van der Waals surface area (Å²) in [7, 11) is -7.18. The lowest BCUT2D eigenvalue weighted by Gasteiger charge is -2.33. The van der Waals surface area contributed by atoms with Gasteiger partial charge < -0.3 is 9.29 Å². The van der Waals surface area contributed by atoms with Crippen molar-refractivity contribution in [2.45, 2.75) is 68.7 Å². The zero-order valence-corrected chi connectivity index (χ0v) is 16.0. The standard InChI is InChI=1S/C15H17F9O5S/c1-2-8-6-4-3-5-7-9(11(25)26)10(8)29-30(27,28)15(23,24)13(18,19)12(16,17)14(20,21)22/h8H,2-7H2,1H3,(H,25,26). The number of aliphatic carboxylic acids is 1. The number of alkyl halides is 9. The summed E-state index contributed by atoms with van der Waals surface area (Å²) >= 11 is 0. The molecule has 176 valence electrons. The monoisotopic (exact) mass is 480 g/mol. The van der Waals surface area contributed by atoms with E-state index in [-0.39, 0.29) is 19.3 Å². The summed E-state index contributed by atoms with van der Waals surface area (Å²) in [4.78, 5) is 11.4. The third kappa shape index (κ3) is 4.49. The molecule has 5 nitrogen and oxygen atoms in total. The molecule has 1 aliphatic carbocycles. The molecule has 0 saturated carbocycles. The number of hydrogen-bond acceptors (Lipinski definition) is 4. The van der Waals surface area contributed by atoms with Crippen LogP contribution in [0.5, 0.6) is 0 Å². The highest BCUT2D eigenvalue weighted by Crippen LogP contribution is 2.55. The van der Waals surface area contributed by atoms with Crippen LogP contribution in [0.15, 0.2) is 11.3 Å². The Labute approximate surface area is 165 Å². The van der Waals surface area contributed by atoms with E-state index in [0.29, 0.717) is 12.8 Å². The lowest BCUT2D eigenvalue weighted by atomic mass is 9.89. The third-order valence-electron chi connectivity index (χ3n) is 4.53. The lowest BCUT2D eigenvalue weighted by molar-refractivity contribution is -0.382. The molecule has 0 fully saturated rings. The smallest absolute Gasteiger partial charge is 0.460 e. The van der Waals surface area contributed by atoms with Crippen molar-refractivity contribution in [2.24, 2.45) is 5.92 Å². The molecule has 0 aromatic heterocycles. The molecule has 0 amide bonds. The molecule has 0 bridgehead atoms. The Balaban J connectivity index is 3.57. The van der Waals surface area contributed by atoms with Crippen molar-refractivity contribution in [1.29, 1.82) is 0 Å². The summed E-state index contributed by atoms with van der Waals surface area (Å²) in [5, 5.41) is 2.15. The van der Waals surface area contributed by atoms with E-state index in [1.165, 1.54) is 6.92 Å². The Morgan fingerprint density at radius 3 is 1.97 bits per heavy atom. The van der Waals surface area contributed by atoms with E-state index >= 15 is 0 Å². The second-order valence-corrected chi connectivity index (χ2v) is 8.14. The molecule has 0 aromatic carbocycles. The van der Waals surface area contributed by atoms with Gasteiger partial charge in [-0.1, -0.05) is 19.8 Å². The van der Waals surface area contributed by atoms with Gasteiger partial charge >= 0.3 is 39.4 Å². The van der Waals surface area contributed by atoms with E-state index < -0.39 is 63.0 Å². The summed E-state index contributed by atoms with van der Waals surface area (Å²) in [5.74, 6) is -19.1. The zero-order valence-electron chi connectivity index (χ0n) is 15.2. The fraction of sp³-hybridized carbons (Fsp3) is 0.800. The summed E-state index contributed by atoms with van der Waals surface area (Å²) in [6.07, 6.45) is -6.83. The van der Waals surface area contributed by atoms with Crippen LogP contribution in [-0.2, 0) is 19.1 Å². The maximum absolute atomic E-state index is 13.9. The van der Waals surface area contributed by atoms with E-state index in [9.17, 15) is 57.8 Å². The molecule has 30 heavy (non-hydrogen) atoms. The van der Waals surface area contributed by atoms with Crippen LogP contribution in [0.2, 0.25) is 0 Å². The molecule has 1 aliphatic rings. The number of carbonyl (C=O) groups is 1. The molecule has 1 N–H and O–H groups in total. The van der Waals surface area contributed by atoms with Crippen molar-refractivity contribution in [1.82, 2.24) is 0 Å². The molecule has 0 radical (unpaired) electrons. The molecule has 1 rings (SSSR count). The average molecular weight is 480 g/mol. The zero-order chi connectivity index (χ0) is 23.8. The van der Waals surface area contributed by atoms with Gasteiger partial charge in [0.05, 0.1) is 5.57 Å². The second kappa shape index (κ2) is 8.46. The summed E-state index contributed by atoms with van der Waals surface area (Å²) in [6.45, 7) is 1.35. The average Bonchev–Trinajstić information content (AvgIpc) is 2.55. The van der Waals surface area contributed by atoms with Crippen LogP contribution in [0.1, 0.15) is 45.4 Å². The molecule has 1 atom stereocenters. The van der Waals surface area contributed by atoms with Crippen LogP contribution < -0.4 is 0 Å². The minimum atomic E-state index is -7.45. The normalized spacial score (nSPS) is 20.5. The van der Waals surface area contributed by atoms with Gasteiger partial charge in [-0.25, -0.2) is 4.79 Å². The minimum absolute atomic E-state index is 0.0151. The van der Waals surface area contributed by atoms with Gasteiger partial charge in [0.25, 0.3) is 0 Å². The van der Waals surface area contributed by atoms with Crippen LogP contribution >= 0.6 is 0 Å². The summed E-state index contributed by atoms with van der Waals surface area (Å²) < 4.78 is 145. The number of carboxylic acid groups (broad SMARTS) is 1. The third-order valence-corrected chi connectivity index (χ3v) is 5.81. The van der Waals surface area contributed by atoms with Gasteiger partial charge in [0.1, 0.15) is 5.76 Å². The number of allylic oxidation sites excluding steroid dienone is 1. The van der Waals surface area contributed by atoms with Crippen LogP contribution in [0.4, 0.5) is 39.5 Å². The van der Waals surface area contributed by atoms with E-state index in [1.807, 2.05) is 0 Å². The Bertz CT molecular complexity index is 787. The fourth-order valence-corrected chi connectivity index (χ4v) is 3.80. The Hall–Kier alpha value is -1.67. The number of hydrogen-bond donors (Lipinski definition) is 1. The van der Waals surface area contributed by atoms with Gasteiger partial charge in [0, 0.05) is 5.92 Å². The van der Waals surface area contributed by atoms with Crippen molar-refractivity contribution in [3.8, 4) is 0 Å². The van der Waals surface area contributed by atoms with Crippen molar-refractivity contribution in [3.63, 3.8) is 0 Å². The molecule has 0 aromatic rings. The first-order valence-corrected chi connectivity index (χ1v) is 9.86. The Morgan fingerprint density at radius 2 is 1.53 bits per heavy atom. The summed E-state index contributed by atoms with van der Waals surface area (Å²) in [5.41, 5.74) is -0.869. The highest BCUT2D eigenvalue weighted by Gasteiger charge is 2.86. The maximum Gasteiger partial charge on any atom is 0.460 e. The Kier molecular flexibility index (Phi) is 7.43. The lowest BCUT2D eigenvalue weighted by Crippen LogP contribution is -2.63. The first-order valence-electron chi connectivity index (χ1n) is 8.45. The number of carboxylic acids is 1. The highest BCUT2D eigenvalue weighted by molar-refractivity contribution is 7.88. The van der Waals surface area contributed by atoms with Crippen LogP contribution in [-0.4, -0.2) is 42.8 Å². The molecular formula is C15H17F9O5S. The van der Waals surface area contributed by atoms with Crippen LogP contribution in [0, 0.1) is 5.92 Å². The van der Waals surface area contributed by atoms with Gasteiger partial charge in [-0.2, -0.15) is 47.9 Å². The van der Waals surface area contributed by atoms with Crippen molar-refractivity contribution >= 4 is 16.1 Å². The van der Waals surface area contributed by atoms with Crippen LogP contribution in [0.25, 0.3) is 0 Å². The molecule has 0 spiro atoms. The van der Waals surface area contributed by atoms with Gasteiger partial charge in [-0.15, -0.1) is 0 Å². The van der Waals surface area contributed by atoms with E-state index in [1.54, 1.807) is 0 Å². The predicted molar refractivity (Wildman–Crippen MR) is 82.4 cm³/mol. The molecular weight excluding hydrogens is 463 g/mol. The van der Waals surface area contributed by atoms with Crippen molar-refractivity contribution in [2.75, 3.05) is 0 Å². The van der Waals surface area contributed by atoms with Crippen molar-refractivity contribution < 1.29 is 62.0 Å². The quantitative estimate of drug-likeness (QED) is 0.406. The number of halogens is 9. The minimum Gasteiger partial charge on any atom is -0.478 e. The second-order valence-electron chi connectivity index (χ2n) is 6.55. The van der Waals surface area contributed by atoms with E-state index in [2.05, 4.69) is 4.18 Å². The van der Waals surface area contributed by atoms with Gasteiger partial charge in [-0.05, 0) is 25.7 Å². The predicted octanol–water partition coefficient (Wildman–Crippen LogP) is 5.09. The van der Waals surface area contributed by atoms with Gasteiger partial charge in [0.2, 0.25) is 0 Å². The summed E-state index contributed by atoms with van der Waals surface area (Å²) in [6, 6.07) is 0. The van der Waals surface area contributed by atoms with E-state index in [4.69, 9.17) is 0 Å². The SMILES string of the molecule is CCC1CCCCCC(C(=O)O)=C1OS(=O)(=O)C(F)(F)C(F)(F)C(F)(F)C(F)(F)F. The topological polar surface area (TPSA) is 80.7 Å². The Morgan fingerprint density at radius 1 is 1.00 bits per heavy atom. The molecule has 0 heterocycles. The molecule has 0 saturated heterocycles. The first-order chi connectivity index (χ1) is 13.3. The largest absolute Gasteiger partial charge is 0.478 e. The van der Waals surface area contributed by atoms with Crippen LogP contribution in [0.3, 0.4) is 0 Å². The van der Waals surface area contributed by atoms with Crippen molar-refractivity contribution in [3.05, 3.63) is 11.3 Å². The van der Waals surface area contributed by atoms with E-state index in [0.717, 1.165) is 0 Å². The van der Waals surface area contributed by atoms with Gasteiger partial charge in [-0.3, -0.25) is 0 Å². The first kappa shape index (κ1) is 26.4. The van der Waals surface area contributed by atoms with Gasteiger partial charge in [0.15, 0.2) is 0 Å². The molecule has 1 unspecified atom stereocenters. The number of rotatable bonds is 7. The fourth-order valence-electron chi connectivity index (χ4n) is 2.78. The maximum atomic E-state index is 13.9.